The number of carbonyl (C=O) groups excluding carboxylic acids is 1. The predicted molar refractivity (Wildman–Crippen MR) is 57.4 cm³/mol. The van der Waals surface area contributed by atoms with Crippen molar-refractivity contribution >= 4 is 11.8 Å². The van der Waals surface area contributed by atoms with Gasteiger partial charge in [-0.25, -0.2) is 4.79 Å². The molecule has 0 atom stereocenters. The molecule has 0 aliphatic carbocycles. The van der Waals surface area contributed by atoms with Crippen LogP contribution in [0.4, 0.5) is 10.5 Å². The van der Waals surface area contributed by atoms with Crippen molar-refractivity contribution in [1.82, 2.24) is 0 Å². The van der Waals surface area contributed by atoms with Gasteiger partial charge < -0.3 is 0 Å². The van der Waals surface area contributed by atoms with Gasteiger partial charge in [0.1, 0.15) is 5.60 Å². The van der Waals surface area contributed by atoms with E-state index >= 15 is 0 Å². The van der Waals surface area contributed by atoms with Crippen molar-refractivity contribution in [1.29, 1.82) is 0 Å². The maximum absolute atomic E-state index is 11.2. The maximum atomic E-state index is 11.2. The Morgan fingerprint density at radius 2 is 1.80 bits per heavy atom. The van der Waals surface area contributed by atoms with E-state index in [-0.39, 0.29) is 0 Å². The average molecular weight is 209 g/mol. The summed E-state index contributed by atoms with van der Waals surface area (Å²) in [4.78, 5) is 20.6. The van der Waals surface area contributed by atoms with Gasteiger partial charge in [0.15, 0.2) is 0 Å². The van der Waals surface area contributed by atoms with E-state index < -0.39 is 11.7 Å². The summed E-state index contributed by atoms with van der Waals surface area (Å²) < 4.78 is 0. The molecule has 0 spiro atoms. The van der Waals surface area contributed by atoms with Gasteiger partial charge in [-0.3, -0.25) is 10.2 Å². The van der Waals surface area contributed by atoms with Crippen LogP contribution in [-0.2, 0) is 9.78 Å². The normalized spacial score (nSPS) is 10.9. The van der Waals surface area contributed by atoms with Crippen LogP contribution in [-0.4, -0.2) is 11.7 Å². The second-order valence-corrected chi connectivity index (χ2v) is 4.06. The molecule has 0 saturated carbocycles. The molecule has 0 aliphatic rings. The first-order valence-corrected chi connectivity index (χ1v) is 4.69. The molecule has 0 fully saturated rings. The molecule has 0 saturated heterocycles. The third-order valence-electron chi connectivity index (χ3n) is 1.39. The Bertz CT molecular complexity index is 316. The van der Waals surface area contributed by atoms with Crippen LogP contribution in [0.2, 0.25) is 0 Å². The first-order valence-electron chi connectivity index (χ1n) is 4.69. The third-order valence-corrected chi connectivity index (χ3v) is 1.39. The van der Waals surface area contributed by atoms with E-state index in [0.717, 1.165) is 0 Å². The number of hydrogen-bond donors (Lipinski definition) is 1. The molecule has 15 heavy (non-hydrogen) atoms. The molecular formula is C11H15NO3. The topological polar surface area (TPSA) is 47.6 Å². The van der Waals surface area contributed by atoms with Crippen molar-refractivity contribution in [2.24, 2.45) is 0 Å². The fraction of sp³-hybridized carbons (Fsp3) is 0.364. The number of rotatable bonds is 2. The highest BCUT2D eigenvalue weighted by atomic mass is 17.2. The van der Waals surface area contributed by atoms with E-state index in [4.69, 9.17) is 4.89 Å². The minimum atomic E-state index is -0.629. The van der Waals surface area contributed by atoms with Gasteiger partial charge in [0, 0.05) is 5.69 Å². The molecule has 0 bridgehead atoms. The number of amides is 1. The largest absolute Gasteiger partial charge is 0.443 e. The number of anilines is 1. The van der Waals surface area contributed by atoms with Crippen LogP contribution in [0.3, 0.4) is 0 Å². The average Bonchev–Trinajstić information content (AvgIpc) is 2.15. The van der Waals surface area contributed by atoms with Gasteiger partial charge in [-0.1, -0.05) is 18.2 Å². The van der Waals surface area contributed by atoms with Crippen molar-refractivity contribution in [2.45, 2.75) is 26.4 Å². The van der Waals surface area contributed by atoms with Gasteiger partial charge in [-0.2, -0.15) is 4.89 Å². The molecule has 0 unspecified atom stereocenters. The van der Waals surface area contributed by atoms with Gasteiger partial charge in [-0.05, 0) is 32.9 Å². The molecule has 0 radical (unpaired) electrons. The lowest BCUT2D eigenvalue weighted by Crippen LogP contribution is -2.24. The predicted octanol–water partition coefficient (Wildman–Crippen LogP) is 2.97. The lowest BCUT2D eigenvalue weighted by atomic mass is 10.2. The first kappa shape index (κ1) is 11.5. The Balaban J connectivity index is 2.38. The van der Waals surface area contributed by atoms with Gasteiger partial charge >= 0.3 is 6.09 Å². The Morgan fingerprint density at radius 1 is 1.20 bits per heavy atom. The highest BCUT2D eigenvalue weighted by molar-refractivity contribution is 5.83. The van der Waals surface area contributed by atoms with Crippen LogP contribution in [0, 0.1) is 0 Å². The van der Waals surface area contributed by atoms with Crippen molar-refractivity contribution in [2.75, 3.05) is 5.32 Å². The second kappa shape index (κ2) is 4.79. The van der Waals surface area contributed by atoms with Gasteiger partial charge in [0.2, 0.25) is 0 Å². The zero-order chi connectivity index (χ0) is 11.3. The van der Waals surface area contributed by atoms with Crippen LogP contribution < -0.4 is 5.32 Å². The molecule has 0 aliphatic heterocycles. The second-order valence-electron chi connectivity index (χ2n) is 4.06. The lowest BCUT2D eigenvalue weighted by molar-refractivity contribution is -0.297. The molecule has 0 aromatic heterocycles. The number of para-hydroxylation sites is 1. The van der Waals surface area contributed by atoms with Gasteiger partial charge in [0.05, 0.1) is 0 Å². The fourth-order valence-electron chi connectivity index (χ4n) is 0.823. The minimum Gasteiger partial charge on any atom is -0.289 e. The summed E-state index contributed by atoms with van der Waals surface area (Å²) >= 11 is 0. The van der Waals surface area contributed by atoms with E-state index in [2.05, 4.69) is 10.2 Å². The summed E-state index contributed by atoms with van der Waals surface area (Å²) in [6.07, 6.45) is -0.629. The number of benzene rings is 1. The highest BCUT2D eigenvalue weighted by Gasteiger charge is 2.15. The zero-order valence-electron chi connectivity index (χ0n) is 9.11. The van der Waals surface area contributed by atoms with Crippen LogP contribution in [0.1, 0.15) is 20.8 Å². The summed E-state index contributed by atoms with van der Waals surface area (Å²) in [6.45, 7) is 5.38. The Labute approximate surface area is 89.1 Å². The smallest absolute Gasteiger partial charge is 0.289 e. The third kappa shape index (κ3) is 5.02. The molecule has 4 heteroatoms. The maximum Gasteiger partial charge on any atom is 0.443 e. The molecule has 82 valence electrons. The SMILES string of the molecule is CC(C)(C)OOC(=O)Nc1ccccc1. The van der Waals surface area contributed by atoms with Crippen LogP contribution >= 0.6 is 0 Å². The molecule has 1 N–H and O–H groups in total. The molecule has 1 aromatic rings. The highest BCUT2D eigenvalue weighted by Crippen LogP contribution is 2.09. The Morgan fingerprint density at radius 3 is 2.33 bits per heavy atom. The molecular weight excluding hydrogens is 194 g/mol. The Kier molecular flexibility index (Phi) is 3.68. The van der Waals surface area contributed by atoms with Gasteiger partial charge in [-0.15, -0.1) is 0 Å². The molecule has 1 rings (SSSR count). The van der Waals surface area contributed by atoms with E-state index in [9.17, 15) is 4.79 Å². The minimum absolute atomic E-state index is 0.506. The van der Waals surface area contributed by atoms with Crippen LogP contribution in [0.15, 0.2) is 30.3 Å². The fourth-order valence-corrected chi connectivity index (χ4v) is 0.823. The first-order chi connectivity index (χ1) is 6.97. The van der Waals surface area contributed by atoms with E-state index in [1.807, 2.05) is 18.2 Å². The Hall–Kier alpha value is -1.55. The van der Waals surface area contributed by atoms with Crippen LogP contribution in [0.5, 0.6) is 0 Å². The van der Waals surface area contributed by atoms with Crippen molar-refractivity contribution in [3.05, 3.63) is 30.3 Å². The van der Waals surface area contributed by atoms with Crippen molar-refractivity contribution in [3.63, 3.8) is 0 Å². The molecule has 4 nitrogen and oxygen atoms in total. The summed E-state index contributed by atoms with van der Waals surface area (Å²) in [6, 6.07) is 9.03. The van der Waals surface area contributed by atoms with Crippen molar-refractivity contribution in [3.8, 4) is 0 Å². The summed E-state index contributed by atoms with van der Waals surface area (Å²) in [7, 11) is 0. The standard InChI is InChI=1S/C11H15NO3/c1-11(2,3)15-14-10(13)12-9-7-5-4-6-8-9/h4-8H,1-3H3,(H,12,13). The van der Waals surface area contributed by atoms with E-state index in [1.165, 1.54) is 0 Å². The summed E-state index contributed by atoms with van der Waals surface area (Å²) in [5, 5.41) is 2.53. The monoisotopic (exact) mass is 209 g/mol. The lowest BCUT2D eigenvalue weighted by Gasteiger charge is -2.16. The summed E-state index contributed by atoms with van der Waals surface area (Å²) in [5.41, 5.74) is 0.161. The van der Waals surface area contributed by atoms with Crippen LogP contribution in [0.25, 0.3) is 0 Å². The molecule has 0 heterocycles. The van der Waals surface area contributed by atoms with Crippen molar-refractivity contribution < 1.29 is 14.6 Å². The van der Waals surface area contributed by atoms with E-state index in [1.54, 1.807) is 32.9 Å². The zero-order valence-corrected chi connectivity index (χ0v) is 9.11. The number of carbonyl (C=O) groups is 1. The van der Waals surface area contributed by atoms with Gasteiger partial charge in [0.25, 0.3) is 0 Å². The molecule has 1 aromatic carbocycles. The van der Waals surface area contributed by atoms with E-state index in [0.29, 0.717) is 5.69 Å². The number of hydrogen-bond acceptors (Lipinski definition) is 3. The number of nitrogens with one attached hydrogen (secondary N) is 1. The quantitative estimate of drug-likeness (QED) is 0.601. The summed E-state index contributed by atoms with van der Waals surface area (Å²) in [5.74, 6) is 0. The molecule has 1 amide bonds.